The minimum absolute atomic E-state index is 0.477. The van der Waals surface area contributed by atoms with Crippen LogP contribution in [0.2, 0.25) is 0 Å². The normalized spacial score (nSPS) is 10.6. The first-order valence-electron chi connectivity index (χ1n) is 6.66. The number of ether oxygens (including phenoxy) is 2. The molecule has 0 bridgehead atoms. The summed E-state index contributed by atoms with van der Waals surface area (Å²) in [6.45, 7) is 0. The highest BCUT2D eigenvalue weighted by Gasteiger charge is 2.10. The number of allylic oxidation sites excluding steroid dienone is 1. The third-order valence-corrected chi connectivity index (χ3v) is 3.87. The number of methoxy groups -OCH3 is 2. The van der Waals surface area contributed by atoms with Gasteiger partial charge < -0.3 is 9.47 Å². The predicted octanol–water partition coefficient (Wildman–Crippen LogP) is 4.40. The van der Waals surface area contributed by atoms with Gasteiger partial charge in [0.25, 0.3) is 0 Å². The second kappa shape index (κ2) is 7.49. The second-order valence-corrected chi connectivity index (χ2v) is 5.44. The number of nitrogens with zero attached hydrogens (tertiary/aromatic N) is 2. The zero-order valence-corrected chi connectivity index (χ0v) is 14.2. The molecule has 0 aliphatic heterocycles. The number of halogens is 1. The van der Waals surface area contributed by atoms with Crippen LogP contribution in [0.5, 0.6) is 11.5 Å². The van der Waals surface area contributed by atoms with E-state index in [9.17, 15) is 5.26 Å². The van der Waals surface area contributed by atoms with E-state index in [2.05, 4.69) is 28.1 Å². The Balaban J connectivity index is 2.51. The van der Waals surface area contributed by atoms with Gasteiger partial charge >= 0.3 is 0 Å². The highest BCUT2D eigenvalue weighted by atomic mass is 79.9. The molecule has 0 atom stereocenters. The molecule has 0 amide bonds. The Labute approximate surface area is 143 Å². The number of nitriles is 2. The van der Waals surface area contributed by atoms with Gasteiger partial charge in [-0.2, -0.15) is 10.5 Å². The van der Waals surface area contributed by atoms with E-state index in [0.29, 0.717) is 22.6 Å². The Morgan fingerprint density at radius 3 is 2.22 bits per heavy atom. The van der Waals surface area contributed by atoms with Crippen LogP contribution in [0, 0.1) is 22.7 Å². The van der Waals surface area contributed by atoms with Gasteiger partial charge in [-0.3, -0.25) is 0 Å². The van der Waals surface area contributed by atoms with E-state index >= 15 is 0 Å². The van der Waals surface area contributed by atoms with Gasteiger partial charge in [0.2, 0.25) is 0 Å². The molecule has 2 rings (SSSR count). The average molecular weight is 369 g/mol. The van der Waals surface area contributed by atoms with Crippen molar-refractivity contribution in [1.82, 2.24) is 0 Å². The summed E-state index contributed by atoms with van der Waals surface area (Å²) in [6, 6.07) is 14.7. The Bertz CT molecular complexity index is 828. The molecule has 0 saturated carbocycles. The van der Waals surface area contributed by atoms with Gasteiger partial charge in [0.1, 0.15) is 11.5 Å². The lowest BCUT2D eigenvalue weighted by Gasteiger charge is -2.10. The van der Waals surface area contributed by atoms with E-state index in [1.54, 1.807) is 50.6 Å². The van der Waals surface area contributed by atoms with Crippen molar-refractivity contribution in [3.05, 3.63) is 57.6 Å². The van der Waals surface area contributed by atoms with Gasteiger partial charge in [-0.1, -0.05) is 12.1 Å². The Hall–Kier alpha value is -2.76. The zero-order chi connectivity index (χ0) is 16.8. The first kappa shape index (κ1) is 16.6. The predicted molar refractivity (Wildman–Crippen MR) is 91.9 cm³/mol. The van der Waals surface area contributed by atoms with Gasteiger partial charge in [-0.05, 0) is 45.8 Å². The molecule has 0 aliphatic rings. The molecule has 0 heterocycles. The van der Waals surface area contributed by atoms with Crippen molar-refractivity contribution in [1.29, 1.82) is 10.5 Å². The number of benzene rings is 2. The van der Waals surface area contributed by atoms with Crippen LogP contribution in [-0.4, -0.2) is 14.2 Å². The molecule has 2 aromatic rings. The fourth-order valence-electron chi connectivity index (χ4n) is 2.06. The lowest BCUT2D eigenvalue weighted by atomic mass is 10.0. The lowest BCUT2D eigenvalue weighted by Crippen LogP contribution is -1.92. The van der Waals surface area contributed by atoms with E-state index in [-0.39, 0.29) is 0 Å². The second-order valence-electron chi connectivity index (χ2n) is 4.59. The molecule has 5 heteroatoms. The van der Waals surface area contributed by atoms with Crippen LogP contribution in [0.25, 0.3) is 11.6 Å². The van der Waals surface area contributed by atoms with Crippen molar-refractivity contribution >= 4 is 27.6 Å². The molecule has 0 radical (unpaired) electrons. The van der Waals surface area contributed by atoms with Crippen LogP contribution in [0.1, 0.15) is 16.7 Å². The van der Waals surface area contributed by atoms with Crippen LogP contribution in [0.15, 0.2) is 40.9 Å². The lowest BCUT2D eigenvalue weighted by molar-refractivity contribution is 0.392. The molecule has 2 aromatic carbocycles. The summed E-state index contributed by atoms with van der Waals surface area (Å²) in [5.41, 5.74) is 2.52. The standard InChI is InChI=1S/C18H13BrN2O2/c1-22-17-9-18(23-2)16(19)8-14(17)7-15(11-21)13-5-3-12(10-20)4-6-13/h3-9H,1-2H3/b15-7-. The zero-order valence-electron chi connectivity index (χ0n) is 12.6. The summed E-state index contributed by atoms with van der Waals surface area (Å²) >= 11 is 3.43. The SMILES string of the molecule is COc1cc(OC)c(/C=C(/C#N)c2ccc(C#N)cc2)cc1Br. The fraction of sp³-hybridized carbons (Fsp3) is 0.111. The minimum Gasteiger partial charge on any atom is -0.496 e. The summed E-state index contributed by atoms with van der Waals surface area (Å²) in [5.74, 6) is 1.25. The highest BCUT2D eigenvalue weighted by Crippen LogP contribution is 2.34. The fourth-order valence-corrected chi connectivity index (χ4v) is 2.58. The van der Waals surface area contributed by atoms with Crippen molar-refractivity contribution in [2.24, 2.45) is 0 Å². The molecule has 0 spiro atoms. The number of hydrogen-bond donors (Lipinski definition) is 0. The Morgan fingerprint density at radius 2 is 1.70 bits per heavy atom. The molecule has 0 aromatic heterocycles. The van der Waals surface area contributed by atoms with Gasteiger partial charge in [0.15, 0.2) is 0 Å². The van der Waals surface area contributed by atoms with E-state index in [0.717, 1.165) is 15.6 Å². The van der Waals surface area contributed by atoms with Crippen LogP contribution in [0.4, 0.5) is 0 Å². The molecule has 0 N–H and O–H groups in total. The molecule has 0 unspecified atom stereocenters. The van der Waals surface area contributed by atoms with Crippen LogP contribution in [-0.2, 0) is 0 Å². The van der Waals surface area contributed by atoms with Gasteiger partial charge in [-0.15, -0.1) is 0 Å². The molecule has 114 valence electrons. The summed E-state index contributed by atoms with van der Waals surface area (Å²) in [5, 5.41) is 18.3. The van der Waals surface area contributed by atoms with Crippen LogP contribution < -0.4 is 9.47 Å². The number of hydrogen-bond acceptors (Lipinski definition) is 4. The third-order valence-electron chi connectivity index (χ3n) is 3.25. The minimum atomic E-state index is 0.477. The molecular formula is C18H13BrN2O2. The van der Waals surface area contributed by atoms with Crippen molar-refractivity contribution < 1.29 is 9.47 Å². The summed E-state index contributed by atoms with van der Waals surface area (Å²) in [7, 11) is 3.14. The van der Waals surface area contributed by atoms with E-state index < -0.39 is 0 Å². The monoisotopic (exact) mass is 368 g/mol. The Morgan fingerprint density at radius 1 is 1.04 bits per heavy atom. The van der Waals surface area contributed by atoms with E-state index in [4.69, 9.17) is 14.7 Å². The van der Waals surface area contributed by atoms with Gasteiger partial charge in [0.05, 0.1) is 42.0 Å². The summed E-state index contributed by atoms with van der Waals surface area (Å²) < 4.78 is 11.4. The topological polar surface area (TPSA) is 66.0 Å². The highest BCUT2D eigenvalue weighted by molar-refractivity contribution is 9.10. The molecule has 0 saturated heterocycles. The van der Waals surface area contributed by atoms with Crippen LogP contribution >= 0.6 is 15.9 Å². The maximum atomic E-state index is 9.44. The van der Waals surface area contributed by atoms with Crippen LogP contribution in [0.3, 0.4) is 0 Å². The first-order chi connectivity index (χ1) is 11.1. The molecule has 23 heavy (non-hydrogen) atoms. The maximum absolute atomic E-state index is 9.44. The average Bonchev–Trinajstić information content (AvgIpc) is 2.60. The van der Waals surface area contributed by atoms with Crippen molar-refractivity contribution in [3.63, 3.8) is 0 Å². The molecular weight excluding hydrogens is 356 g/mol. The summed E-state index contributed by atoms with van der Waals surface area (Å²) in [4.78, 5) is 0. The molecule has 4 nitrogen and oxygen atoms in total. The van der Waals surface area contributed by atoms with Gasteiger partial charge in [0, 0.05) is 11.6 Å². The largest absolute Gasteiger partial charge is 0.496 e. The summed E-state index contributed by atoms with van der Waals surface area (Å²) in [6.07, 6.45) is 1.74. The van der Waals surface area contributed by atoms with Crippen molar-refractivity contribution in [2.75, 3.05) is 14.2 Å². The first-order valence-corrected chi connectivity index (χ1v) is 7.46. The maximum Gasteiger partial charge on any atom is 0.136 e. The van der Waals surface area contributed by atoms with Crippen molar-refractivity contribution in [2.45, 2.75) is 0 Å². The van der Waals surface area contributed by atoms with E-state index in [1.807, 2.05) is 6.07 Å². The quantitative estimate of drug-likeness (QED) is 0.592. The molecule has 0 aliphatic carbocycles. The molecule has 0 fully saturated rings. The van der Waals surface area contributed by atoms with Crippen molar-refractivity contribution in [3.8, 4) is 23.6 Å². The Kier molecular flexibility index (Phi) is 5.41. The van der Waals surface area contributed by atoms with Gasteiger partial charge in [-0.25, -0.2) is 0 Å². The smallest absolute Gasteiger partial charge is 0.136 e. The van der Waals surface area contributed by atoms with E-state index in [1.165, 1.54) is 0 Å². The third kappa shape index (κ3) is 3.71. The number of rotatable bonds is 4.